The third-order valence-electron chi connectivity index (χ3n) is 7.42. The minimum atomic E-state index is -4.40. The van der Waals surface area contributed by atoms with Crippen molar-refractivity contribution in [3.05, 3.63) is 161 Å². The second kappa shape index (κ2) is 12.6. The van der Waals surface area contributed by atoms with Gasteiger partial charge in [0.15, 0.2) is 5.78 Å². The van der Waals surface area contributed by atoms with Crippen molar-refractivity contribution in [1.82, 2.24) is 4.98 Å². The van der Waals surface area contributed by atoms with Gasteiger partial charge >= 0.3 is 6.18 Å². The molecule has 6 aromatic rings. The van der Waals surface area contributed by atoms with E-state index in [1.54, 1.807) is 36.4 Å². The molecule has 0 aliphatic heterocycles. The zero-order valence-corrected chi connectivity index (χ0v) is 23.8. The van der Waals surface area contributed by atoms with E-state index < -0.39 is 23.6 Å². The second-order valence-electron chi connectivity index (χ2n) is 10.4. The number of ether oxygens (including phenoxy) is 1. The fourth-order valence-corrected chi connectivity index (χ4v) is 5.04. The first kappa shape index (κ1) is 29.5. The Morgan fingerprint density at radius 1 is 0.822 bits per heavy atom. The molecular formula is C38H26F3NO3. The van der Waals surface area contributed by atoms with Crippen molar-refractivity contribution in [3.8, 4) is 28.7 Å². The number of hydrogen-bond donors (Lipinski definition) is 2. The minimum Gasteiger partial charge on any atom is -0.489 e. The van der Waals surface area contributed by atoms with E-state index in [1.807, 2.05) is 66.9 Å². The molecule has 0 aliphatic carbocycles. The number of halogens is 3. The number of rotatable bonds is 7. The number of aromatic amines is 1. The van der Waals surface area contributed by atoms with Crippen LogP contribution in [0.15, 0.2) is 128 Å². The van der Waals surface area contributed by atoms with Gasteiger partial charge in [0.1, 0.15) is 18.5 Å². The summed E-state index contributed by atoms with van der Waals surface area (Å²) in [5.74, 6) is 6.30. The van der Waals surface area contributed by atoms with Crippen LogP contribution >= 0.6 is 0 Å². The van der Waals surface area contributed by atoms with Crippen molar-refractivity contribution in [3.63, 3.8) is 0 Å². The molecule has 1 aromatic heterocycles. The fraction of sp³-hybridized carbons (Fsp3) is 0.0789. The minimum absolute atomic E-state index is 0.179. The van der Waals surface area contributed by atoms with Crippen LogP contribution in [-0.2, 0) is 12.8 Å². The Hall–Kier alpha value is -5.58. The molecule has 45 heavy (non-hydrogen) atoms. The molecule has 0 bridgehead atoms. The van der Waals surface area contributed by atoms with Crippen molar-refractivity contribution >= 4 is 16.7 Å². The van der Waals surface area contributed by atoms with Gasteiger partial charge in [-0.25, -0.2) is 0 Å². The van der Waals surface area contributed by atoms with Crippen molar-refractivity contribution in [2.75, 3.05) is 0 Å². The number of benzene rings is 5. The summed E-state index contributed by atoms with van der Waals surface area (Å²) >= 11 is 0. The summed E-state index contributed by atoms with van der Waals surface area (Å²) in [6.45, 7) is 0.179. The van der Waals surface area contributed by atoms with E-state index in [4.69, 9.17) is 4.74 Å². The van der Waals surface area contributed by atoms with Gasteiger partial charge in [0.2, 0.25) is 0 Å². The van der Waals surface area contributed by atoms with Gasteiger partial charge in [-0.15, -0.1) is 0 Å². The quantitative estimate of drug-likeness (QED) is 0.142. The van der Waals surface area contributed by atoms with Crippen LogP contribution in [0.2, 0.25) is 0 Å². The van der Waals surface area contributed by atoms with Crippen molar-refractivity contribution in [1.29, 1.82) is 0 Å². The summed E-state index contributed by atoms with van der Waals surface area (Å²) in [7, 11) is 0. The third kappa shape index (κ3) is 6.67. The highest BCUT2D eigenvalue weighted by Gasteiger charge is 2.30. The molecule has 2 N–H and O–H groups in total. The largest absolute Gasteiger partial charge is 0.489 e. The molecule has 0 aliphatic rings. The fourth-order valence-electron chi connectivity index (χ4n) is 5.04. The standard InChI is InChI=1S/C38H26F3NO3/c39-38(40,41)31-17-19-32(20-18-31)45-24-26-11-9-25(10-12-26)13-14-28-7-4-8-33(37(44)36(43)29-5-2-1-3-6-29)35(28)30-16-15-27-21-22-42-34(27)23-30/h1-12,15-23,36,42-43H,24H2. The Morgan fingerprint density at radius 3 is 2.31 bits per heavy atom. The normalized spacial score (nSPS) is 11.9. The lowest BCUT2D eigenvalue weighted by Crippen LogP contribution is -2.14. The van der Waals surface area contributed by atoms with Gasteiger partial charge in [-0.1, -0.05) is 78.6 Å². The maximum atomic E-state index is 13.7. The summed E-state index contributed by atoms with van der Waals surface area (Å²) in [6, 6.07) is 33.9. The van der Waals surface area contributed by atoms with E-state index in [0.29, 0.717) is 28.0 Å². The lowest BCUT2D eigenvalue weighted by Gasteiger charge is -2.15. The molecular weight excluding hydrogens is 575 g/mol. The molecule has 5 aromatic carbocycles. The number of aliphatic hydroxyl groups is 1. The van der Waals surface area contributed by atoms with E-state index in [0.717, 1.165) is 39.7 Å². The Labute approximate surface area is 257 Å². The predicted molar refractivity (Wildman–Crippen MR) is 168 cm³/mol. The van der Waals surface area contributed by atoms with Crippen LogP contribution in [0.1, 0.15) is 44.3 Å². The topological polar surface area (TPSA) is 62.3 Å². The van der Waals surface area contributed by atoms with Crippen LogP contribution in [0.25, 0.3) is 22.0 Å². The van der Waals surface area contributed by atoms with Crippen LogP contribution in [0.4, 0.5) is 13.2 Å². The molecule has 1 atom stereocenters. The molecule has 1 unspecified atom stereocenters. The maximum Gasteiger partial charge on any atom is 0.416 e. The number of Topliss-reactive ketones (excluding diaryl/α,β-unsaturated/α-hetero) is 1. The number of carbonyl (C=O) groups is 1. The number of aromatic nitrogens is 1. The van der Waals surface area contributed by atoms with E-state index in [9.17, 15) is 23.1 Å². The van der Waals surface area contributed by atoms with E-state index >= 15 is 0 Å². The average Bonchev–Trinajstić information content (AvgIpc) is 3.54. The van der Waals surface area contributed by atoms with Crippen molar-refractivity contribution < 1.29 is 27.8 Å². The lowest BCUT2D eigenvalue weighted by molar-refractivity contribution is -0.137. The molecule has 0 radical (unpaired) electrons. The molecule has 0 amide bonds. The summed E-state index contributed by atoms with van der Waals surface area (Å²) in [4.78, 5) is 16.9. The molecule has 0 spiro atoms. The second-order valence-corrected chi connectivity index (χ2v) is 10.4. The summed E-state index contributed by atoms with van der Waals surface area (Å²) in [6.07, 6.45) is -3.88. The predicted octanol–water partition coefficient (Wildman–Crippen LogP) is 8.75. The number of carbonyl (C=O) groups excluding carboxylic acids is 1. The number of alkyl halides is 3. The molecule has 0 saturated carbocycles. The Kier molecular flexibility index (Phi) is 8.24. The highest BCUT2D eigenvalue weighted by Crippen LogP contribution is 2.33. The highest BCUT2D eigenvalue weighted by molar-refractivity contribution is 6.07. The molecule has 6 rings (SSSR count). The molecule has 7 heteroatoms. The summed E-state index contributed by atoms with van der Waals surface area (Å²) < 4.78 is 44.1. The molecule has 4 nitrogen and oxygen atoms in total. The molecule has 0 fully saturated rings. The van der Waals surface area contributed by atoms with E-state index in [1.165, 1.54) is 12.1 Å². The monoisotopic (exact) mass is 601 g/mol. The van der Waals surface area contributed by atoms with Crippen LogP contribution < -0.4 is 4.74 Å². The smallest absolute Gasteiger partial charge is 0.416 e. The number of nitrogens with one attached hydrogen (secondary N) is 1. The van der Waals surface area contributed by atoms with Gasteiger partial charge in [0.25, 0.3) is 0 Å². The first-order valence-electron chi connectivity index (χ1n) is 14.1. The molecule has 222 valence electrons. The van der Waals surface area contributed by atoms with E-state index in [-0.39, 0.29) is 6.61 Å². The average molecular weight is 602 g/mol. The Balaban J connectivity index is 1.27. The van der Waals surface area contributed by atoms with E-state index in [2.05, 4.69) is 16.8 Å². The van der Waals surface area contributed by atoms with Crippen molar-refractivity contribution in [2.24, 2.45) is 0 Å². The molecule has 0 saturated heterocycles. The van der Waals surface area contributed by atoms with Crippen LogP contribution in [0.3, 0.4) is 0 Å². The Bertz CT molecular complexity index is 2020. The maximum absolute atomic E-state index is 13.7. The van der Waals surface area contributed by atoms with Gasteiger partial charge in [-0.05, 0) is 76.7 Å². The number of H-pyrrole nitrogens is 1. The van der Waals surface area contributed by atoms with Gasteiger partial charge in [-0.2, -0.15) is 13.2 Å². The van der Waals surface area contributed by atoms with Crippen LogP contribution in [0, 0.1) is 11.8 Å². The number of ketones is 1. The first-order chi connectivity index (χ1) is 21.8. The lowest BCUT2D eigenvalue weighted by atomic mass is 9.89. The highest BCUT2D eigenvalue weighted by atomic mass is 19.4. The summed E-state index contributed by atoms with van der Waals surface area (Å²) in [5, 5.41) is 12.0. The van der Waals surface area contributed by atoms with Crippen LogP contribution in [0.5, 0.6) is 5.75 Å². The number of hydrogen-bond acceptors (Lipinski definition) is 3. The first-order valence-corrected chi connectivity index (χ1v) is 14.1. The van der Waals surface area contributed by atoms with Crippen molar-refractivity contribution in [2.45, 2.75) is 18.9 Å². The van der Waals surface area contributed by atoms with Gasteiger partial charge in [0, 0.05) is 34.0 Å². The third-order valence-corrected chi connectivity index (χ3v) is 7.42. The zero-order chi connectivity index (χ0) is 31.4. The summed E-state index contributed by atoms with van der Waals surface area (Å²) in [5.41, 5.74) is 4.63. The SMILES string of the molecule is O=C(c1cccc(C#Cc2ccc(COc3ccc(C(F)(F)F)cc3)cc2)c1-c1ccc2cc[nH]c2c1)C(O)c1ccccc1. The zero-order valence-electron chi connectivity index (χ0n) is 23.8. The number of aliphatic hydroxyl groups excluding tert-OH is 1. The van der Waals surface area contributed by atoms with Crippen LogP contribution in [-0.4, -0.2) is 15.9 Å². The van der Waals surface area contributed by atoms with Gasteiger partial charge < -0.3 is 14.8 Å². The van der Waals surface area contributed by atoms with Gasteiger partial charge in [0.05, 0.1) is 5.56 Å². The Morgan fingerprint density at radius 2 is 1.58 bits per heavy atom. The molecule has 1 heterocycles. The van der Waals surface area contributed by atoms with Gasteiger partial charge in [-0.3, -0.25) is 4.79 Å². The number of fused-ring (bicyclic) bond motifs is 1.